The van der Waals surface area contributed by atoms with E-state index >= 15 is 0 Å². The lowest BCUT2D eigenvalue weighted by Crippen LogP contribution is -2.52. The molecule has 0 spiro atoms. The van der Waals surface area contributed by atoms with E-state index in [2.05, 4.69) is 5.32 Å². The van der Waals surface area contributed by atoms with Crippen molar-refractivity contribution in [3.05, 3.63) is 54.6 Å². The highest BCUT2D eigenvalue weighted by atomic mass is 16.5. The van der Waals surface area contributed by atoms with E-state index < -0.39 is 35.8 Å². The molecule has 2 amide bonds. The number of carbonyl (C=O) groups is 3. The highest BCUT2D eigenvalue weighted by Gasteiger charge is 2.58. The number of aliphatic hydroxyl groups is 1. The molecule has 0 radical (unpaired) electrons. The number of hydrogen-bond donors (Lipinski definition) is 2. The van der Waals surface area contributed by atoms with Crippen LogP contribution in [0, 0.1) is 29.6 Å². The molecule has 0 bridgehead atoms. The van der Waals surface area contributed by atoms with Crippen molar-refractivity contribution >= 4 is 34.2 Å². The summed E-state index contributed by atoms with van der Waals surface area (Å²) in [5, 5.41) is 15.4. The Bertz CT molecular complexity index is 1160. The predicted octanol–water partition coefficient (Wildman–Crippen LogP) is 4.01. The normalized spacial score (nSPS) is 27.0. The topological polar surface area (TPSA) is 95.9 Å². The van der Waals surface area contributed by atoms with Gasteiger partial charge in [-0.25, -0.2) is 0 Å². The largest absolute Gasteiger partial charge is 0.466 e. The first-order valence-corrected chi connectivity index (χ1v) is 12.9. The number of amides is 2. The van der Waals surface area contributed by atoms with Crippen LogP contribution in [0.5, 0.6) is 0 Å². The number of benzene rings is 2. The van der Waals surface area contributed by atoms with Crippen molar-refractivity contribution in [3.63, 3.8) is 0 Å². The van der Waals surface area contributed by atoms with Gasteiger partial charge in [-0.1, -0.05) is 69.7 Å². The average Bonchev–Trinajstić information content (AvgIpc) is 3.16. The standard InChI is InChI=1S/C29H36N2O5/c1-5-17(3)23(16-32)31-26(27(33)30-21-13-12-19-9-7-8-10-20(19)15-21)22-14-11-18(4)24(25(22)28(31)34)29(35)36-6-2/h7-15,17-18,22-26,32H,5-6,16H2,1-4H3,(H,30,33)/t17-,18+,22-,23-,24+,25-,26-/m0/s1. The van der Waals surface area contributed by atoms with E-state index in [0.717, 1.165) is 17.2 Å². The van der Waals surface area contributed by atoms with Gasteiger partial charge in [0.15, 0.2) is 0 Å². The number of rotatable bonds is 8. The predicted molar refractivity (Wildman–Crippen MR) is 139 cm³/mol. The molecule has 2 aromatic rings. The van der Waals surface area contributed by atoms with E-state index in [1.165, 1.54) is 0 Å². The van der Waals surface area contributed by atoms with Crippen molar-refractivity contribution in [2.45, 2.75) is 46.2 Å². The first-order valence-electron chi connectivity index (χ1n) is 12.9. The molecule has 7 atom stereocenters. The summed E-state index contributed by atoms with van der Waals surface area (Å²) in [5.74, 6) is -3.13. The molecule has 0 saturated carbocycles. The highest BCUT2D eigenvalue weighted by Crippen LogP contribution is 2.46. The minimum absolute atomic E-state index is 0.0301. The van der Waals surface area contributed by atoms with Crippen LogP contribution in [0.15, 0.2) is 54.6 Å². The second kappa shape index (κ2) is 10.8. The molecule has 1 aliphatic heterocycles. The van der Waals surface area contributed by atoms with Crippen LogP contribution >= 0.6 is 0 Å². The van der Waals surface area contributed by atoms with Crippen LogP contribution < -0.4 is 5.32 Å². The number of carbonyl (C=O) groups excluding carboxylic acids is 3. The fraction of sp³-hybridized carbons (Fsp3) is 0.483. The fourth-order valence-corrected chi connectivity index (χ4v) is 5.79. The molecule has 2 aromatic carbocycles. The van der Waals surface area contributed by atoms with Crippen molar-refractivity contribution in [3.8, 4) is 0 Å². The number of hydrogen-bond acceptors (Lipinski definition) is 5. The van der Waals surface area contributed by atoms with E-state index in [1.807, 2.05) is 75.4 Å². The van der Waals surface area contributed by atoms with Gasteiger partial charge in [0.1, 0.15) is 6.04 Å². The molecule has 1 aliphatic carbocycles. The van der Waals surface area contributed by atoms with Crippen molar-refractivity contribution < 1.29 is 24.2 Å². The summed E-state index contributed by atoms with van der Waals surface area (Å²) in [5.41, 5.74) is 0.633. The summed E-state index contributed by atoms with van der Waals surface area (Å²) in [6.45, 7) is 7.56. The number of ether oxygens (including phenoxy) is 1. The number of nitrogens with zero attached hydrogens (tertiary/aromatic N) is 1. The zero-order chi connectivity index (χ0) is 26.0. The molecule has 1 fully saturated rings. The van der Waals surface area contributed by atoms with Gasteiger partial charge >= 0.3 is 5.97 Å². The van der Waals surface area contributed by atoms with E-state index in [4.69, 9.17) is 4.74 Å². The van der Waals surface area contributed by atoms with Gasteiger partial charge in [0.2, 0.25) is 11.8 Å². The van der Waals surface area contributed by atoms with Crippen LogP contribution in [0.2, 0.25) is 0 Å². The Morgan fingerprint density at radius 2 is 1.83 bits per heavy atom. The number of likely N-dealkylation sites (tertiary alicyclic amines) is 1. The lowest BCUT2D eigenvalue weighted by Gasteiger charge is -2.36. The fourth-order valence-electron chi connectivity index (χ4n) is 5.79. The Kier molecular flexibility index (Phi) is 7.79. The Morgan fingerprint density at radius 1 is 1.11 bits per heavy atom. The van der Waals surface area contributed by atoms with Gasteiger partial charge in [-0.15, -0.1) is 0 Å². The lowest BCUT2D eigenvalue weighted by atomic mass is 9.70. The first kappa shape index (κ1) is 25.9. The SMILES string of the molecule is CCOC(=O)[C@H]1[C@H]2C(=O)N([C@@H](CO)[C@@H](C)CC)[C@H](C(=O)Nc3ccc4ccccc4c3)[C@H]2C=C[C@H]1C. The van der Waals surface area contributed by atoms with Crippen LogP contribution in [-0.4, -0.2) is 53.1 Å². The van der Waals surface area contributed by atoms with Gasteiger partial charge < -0.3 is 20.1 Å². The van der Waals surface area contributed by atoms with Crippen molar-refractivity contribution in [1.29, 1.82) is 0 Å². The summed E-state index contributed by atoms with van der Waals surface area (Å²) in [7, 11) is 0. The molecule has 1 saturated heterocycles. The Labute approximate surface area is 212 Å². The third-order valence-corrected chi connectivity index (χ3v) is 7.90. The second-order valence-corrected chi connectivity index (χ2v) is 10.0. The van der Waals surface area contributed by atoms with Gasteiger partial charge in [0.05, 0.1) is 31.1 Å². The molecule has 192 valence electrons. The van der Waals surface area contributed by atoms with Gasteiger partial charge in [-0.3, -0.25) is 14.4 Å². The molecular weight excluding hydrogens is 456 g/mol. The van der Waals surface area contributed by atoms with Crippen molar-refractivity contribution in [2.24, 2.45) is 29.6 Å². The average molecular weight is 493 g/mol. The number of nitrogens with one attached hydrogen (secondary N) is 1. The highest BCUT2D eigenvalue weighted by molar-refractivity contribution is 6.02. The summed E-state index contributed by atoms with van der Waals surface area (Å²) in [6, 6.07) is 12.2. The molecule has 1 heterocycles. The zero-order valence-electron chi connectivity index (χ0n) is 21.4. The minimum Gasteiger partial charge on any atom is -0.466 e. The molecule has 2 aliphatic rings. The van der Waals surface area contributed by atoms with Crippen LogP contribution in [0.25, 0.3) is 10.8 Å². The van der Waals surface area contributed by atoms with E-state index in [-0.39, 0.29) is 36.9 Å². The summed E-state index contributed by atoms with van der Waals surface area (Å²) < 4.78 is 5.34. The Balaban J connectivity index is 1.73. The van der Waals surface area contributed by atoms with Gasteiger partial charge in [0.25, 0.3) is 0 Å². The van der Waals surface area contributed by atoms with E-state index in [9.17, 15) is 19.5 Å². The van der Waals surface area contributed by atoms with Crippen LogP contribution in [0.1, 0.15) is 34.1 Å². The molecular formula is C29H36N2O5. The summed E-state index contributed by atoms with van der Waals surface area (Å²) >= 11 is 0. The third kappa shape index (κ3) is 4.64. The van der Waals surface area contributed by atoms with Crippen LogP contribution in [0.3, 0.4) is 0 Å². The number of fused-ring (bicyclic) bond motifs is 2. The number of esters is 1. The number of allylic oxidation sites excluding steroid dienone is 1. The van der Waals surface area contributed by atoms with Gasteiger partial charge in [-0.2, -0.15) is 0 Å². The van der Waals surface area contributed by atoms with Crippen LogP contribution in [-0.2, 0) is 19.1 Å². The number of aliphatic hydroxyl groups excluding tert-OH is 1. The smallest absolute Gasteiger partial charge is 0.310 e. The maximum atomic E-state index is 14.0. The molecule has 7 heteroatoms. The Morgan fingerprint density at radius 3 is 2.50 bits per heavy atom. The lowest BCUT2D eigenvalue weighted by molar-refractivity contribution is -0.156. The van der Waals surface area contributed by atoms with Crippen LogP contribution in [0.4, 0.5) is 5.69 Å². The molecule has 2 N–H and O–H groups in total. The third-order valence-electron chi connectivity index (χ3n) is 7.90. The molecule has 4 rings (SSSR count). The molecule has 0 unspecified atom stereocenters. The number of anilines is 1. The maximum Gasteiger partial charge on any atom is 0.310 e. The van der Waals surface area contributed by atoms with Crippen molar-refractivity contribution in [2.75, 3.05) is 18.5 Å². The van der Waals surface area contributed by atoms with E-state index in [0.29, 0.717) is 5.69 Å². The quantitative estimate of drug-likeness (QED) is 0.429. The summed E-state index contributed by atoms with van der Waals surface area (Å²) in [4.78, 5) is 42.3. The molecule has 0 aromatic heterocycles. The molecule has 36 heavy (non-hydrogen) atoms. The monoisotopic (exact) mass is 492 g/mol. The first-order chi connectivity index (χ1) is 17.3. The Hall–Kier alpha value is -3.19. The maximum absolute atomic E-state index is 14.0. The summed E-state index contributed by atoms with van der Waals surface area (Å²) in [6.07, 6.45) is 4.54. The minimum atomic E-state index is -0.846. The van der Waals surface area contributed by atoms with Crippen molar-refractivity contribution in [1.82, 2.24) is 4.90 Å². The van der Waals surface area contributed by atoms with Gasteiger partial charge in [-0.05, 0) is 41.7 Å². The second-order valence-electron chi connectivity index (χ2n) is 10.0. The van der Waals surface area contributed by atoms with E-state index in [1.54, 1.807) is 11.8 Å². The molecule has 7 nitrogen and oxygen atoms in total. The van der Waals surface area contributed by atoms with Gasteiger partial charge in [0, 0.05) is 11.6 Å². The zero-order valence-corrected chi connectivity index (χ0v) is 21.4.